The van der Waals surface area contributed by atoms with E-state index >= 15 is 0 Å². The molecule has 1 aliphatic rings. The van der Waals surface area contributed by atoms with Gasteiger partial charge in [-0.15, -0.1) is 0 Å². The van der Waals surface area contributed by atoms with Crippen LogP contribution in [0.1, 0.15) is 27.0 Å². The molecule has 1 aliphatic carbocycles. The van der Waals surface area contributed by atoms with E-state index in [0.717, 1.165) is 24.9 Å². The molecule has 0 aliphatic heterocycles. The Morgan fingerprint density at radius 3 is 2.20 bits per heavy atom. The second-order valence-electron chi connectivity index (χ2n) is 5.26. The quantitative estimate of drug-likeness (QED) is 0.895. The number of carboxylic acid groups (broad SMARTS) is 1. The van der Waals surface area contributed by atoms with Gasteiger partial charge in [0.1, 0.15) is 0 Å². The van der Waals surface area contributed by atoms with Crippen LogP contribution in [0.5, 0.6) is 0 Å². The topological polar surface area (TPSA) is 49.3 Å². The molecule has 0 radical (unpaired) electrons. The minimum atomic E-state index is -0.879. The summed E-state index contributed by atoms with van der Waals surface area (Å²) in [6.07, 6.45) is 2.15. The normalized spacial score (nSPS) is 14.2. The molecule has 0 saturated carbocycles. The van der Waals surface area contributed by atoms with E-state index in [-0.39, 0.29) is 0 Å². The molecule has 2 N–H and O–H groups in total. The predicted octanol–water partition coefficient (Wildman–Crippen LogP) is 2.64. The van der Waals surface area contributed by atoms with Gasteiger partial charge in [0.15, 0.2) is 0 Å². The van der Waals surface area contributed by atoms with Gasteiger partial charge in [0, 0.05) is 12.6 Å². The van der Waals surface area contributed by atoms with E-state index in [0.29, 0.717) is 11.6 Å². The second-order valence-corrected chi connectivity index (χ2v) is 5.26. The molecule has 3 heteroatoms. The van der Waals surface area contributed by atoms with Crippen molar-refractivity contribution in [1.82, 2.24) is 5.32 Å². The molecule has 0 unspecified atom stereocenters. The molecule has 0 amide bonds. The fourth-order valence-electron chi connectivity index (χ4n) is 2.73. The summed E-state index contributed by atoms with van der Waals surface area (Å²) < 4.78 is 0. The lowest BCUT2D eigenvalue weighted by molar-refractivity contribution is 0.0697. The summed E-state index contributed by atoms with van der Waals surface area (Å²) in [5.74, 6) is -0.879. The van der Waals surface area contributed by atoms with Gasteiger partial charge >= 0.3 is 5.97 Å². The lowest BCUT2D eigenvalue weighted by Crippen LogP contribution is -2.28. The van der Waals surface area contributed by atoms with Crippen molar-refractivity contribution in [3.05, 3.63) is 70.8 Å². The molecule has 3 rings (SSSR count). The highest BCUT2D eigenvalue weighted by molar-refractivity contribution is 5.87. The van der Waals surface area contributed by atoms with E-state index in [1.54, 1.807) is 12.1 Å². The van der Waals surface area contributed by atoms with Crippen LogP contribution in [-0.4, -0.2) is 17.1 Å². The third kappa shape index (κ3) is 2.73. The van der Waals surface area contributed by atoms with Crippen molar-refractivity contribution in [1.29, 1.82) is 0 Å². The summed E-state index contributed by atoms with van der Waals surface area (Å²) in [5, 5.41) is 12.4. The Hall–Kier alpha value is -2.13. The van der Waals surface area contributed by atoms with E-state index in [1.807, 2.05) is 12.1 Å². The van der Waals surface area contributed by atoms with Gasteiger partial charge in [0.05, 0.1) is 5.56 Å². The molecule has 0 fully saturated rings. The van der Waals surface area contributed by atoms with Crippen LogP contribution < -0.4 is 5.32 Å². The van der Waals surface area contributed by atoms with Gasteiger partial charge in [-0.05, 0) is 41.7 Å². The van der Waals surface area contributed by atoms with Gasteiger partial charge in [-0.3, -0.25) is 0 Å². The van der Waals surface area contributed by atoms with Gasteiger partial charge in [-0.2, -0.15) is 0 Å². The molecular formula is C17H17NO2. The predicted molar refractivity (Wildman–Crippen MR) is 77.9 cm³/mol. The number of fused-ring (bicyclic) bond motifs is 1. The van der Waals surface area contributed by atoms with Gasteiger partial charge < -0.3 is 10.4 Å². The number of benzene rings is 2. The van der Waals surface area contributed by atoms with Crippen LogP contribution in [0.15, 0.2) is 48.5 Å². The van der Waals surface area contributed by atoms with Crippen molar-refractivity contribution in [3.8, 4) is 0 Å². The Morgan fingerprint density at radius 1 is 1.05 bits per heavy atom. The van der Waals surface area contributed by atoms with Crippen LogP contribution in [0.4, 0.5) is 0 Å². The number of carbonyl (C=O) groups is 1. The van der Waals surface area contributed by atoms with Crippen LogP contribution in [0.25, 0.3) is 0 Å². The van der Waals surface area contributed by atoms with Gasteiger partial charge in [0.25, 0.3) is 0 Å². The summed E-state index contributed by atoms with van der Waals surface area (Å²) in [4.78, 5) is 10.8. The first-order chi connectivity index (χ1) is 9.72. The maximum Gasteiger partial charge on any atom is 0.335 e. The Morgan fingerprint density at radius 2 is 1.65 bits per heavy atom. The SMILES string of the molecule is O=C(O)c1ccc(CNC2Cc3ccccc3C2)cc1. The smallest absolute Gasteiger partial charge is 0.335 e. The van der Waals surface area contributed by atoms with E-state index in [4.69, 9.17) is 5.11 Å². The van der Waals surface area contributed by atoms with Gasteiger partial charge in [0.2, 0.25) is 0 Å². The van der Waals surface area contributed by atoms with Crippen molar-refractivity contribution in [2.45, 2.75) is 25.4 Å². The number of nitrogens with one attached hydrogen (secondary N) is 1. The summed E-state index contributed by atoms with van der Waals surface area (Å²) in [7, 11) is 0. The molecular weight excluding hydrogens is 250 g/mol. The summed E-state index contributed by atoms with van der Waals surface area (Å²) in [6.45, 7) is 0.776. The van der Waals surface area contributed by atoms with Crippen LogP contribution >= 0.6 is 0 Å². The summed E-state index contributed by atoms with van der Waals surface area (Å²) >= 11 is 0. The highest BCUT2D eigenvalue weighted by atomic mass is 16.4. The van der Waals surface area contributed by atoms with Gasteiger partial charge in [-0.25, -0.2) is 4.79 Å². The van der Waals surface area contributed by atoms with Crippen molar-refractivity contribution in [2.75, 3.05) is 0 Å². The minimum absolute atomic E-state index is 0.335. The van der Waals surface area contributed by atoms with E-state index < -0.39 is 5.97 Å². The van der Waals surface area contributed by atoms with E-state index in [2.05, 4.69) is 29.6 Å². The number of hydrogen-bond acceptors (Lipinski definition) is 2. The number of carboxylic acids is 1. The minimum Gasteiger partial charge on any atom is -0.478 e. The molecule has 0 bridgehead atoms. The third-order valence-electron chi connectivity index (χ3n) is 3.85. The molecule has 0 saturated heterocycles. The molecule has 3 nitrogen and oxygen atoms in total. The lowest BCUT2D eigenvalue weighted by Gasteiger charge is -2.12. The third-order valence-corrected chi connectivity index (χ3v) is 3.85. The van der Waals surface area contributed by atoms with Crippen molar-refractivity contribution in [2.24, 2.45) is 0 Å². The average Bonchev–Trinajstić information content (AvgIpc) is 2.88. The number of rotatable bonds is 4. The lowest BCUT2D eigenvalue weighted by atomic mass is 10.1. The van der Waals surface area contributed by atoms with Crippen molar-refractivity contribution in [3.63, 3.8) is 0 Å². The maximum atomic E-state index is 10.8. The van der Waals surface area contributed by atoms with Crippen molar-refractivity contribution < 1.29 is 9.90 Å². The molecule has 20 heavy (non-hydrogen) atoms. The molecule has 0 aromatic heterocycles. The van der Waals surface area contributed by atoms with Crippen LogP contribution in [-0.2, 0) is 19.4 Å². The number of hydrogen-bond donors (Lipinski definition) is 2. The fourth-order valence-corrected chi connectivity index (χ4v) is 2.73. The Kier molecular flexibility index (Phi) is 3.52. The summed E-state index contributed by atoms with van der Waals surface area (Å²) in [6, 6.07) is 16.1. The van der Waals surface area contributed by atoms with E-state index in [1.165, 1.54) is 11.1 Å². The maximum absolute atomic E-state index is 10.8. The van der Waals surface area contributed by atoms with Crippen LogP contribution in [0.3, 0.4) is 0 Å². The second kappa shape index (κ2) is 5.47. The zero-order chi connectivity index (χ0) is 13.9. The Labute approximate surface area is 118 Å². The molecule has 0 spiro atoms. The monoisotopic (exact) mass is 267 g/mol. The van der Waals surface area contributed by atoms with Gasteiger partial charge in [-0.1, -0.05) is 36.4 Å². The molecule has 2 aromatic carbocycles. The average molecular weight is 267 g/mol. The standard InChI is InChI=1S/C17H17NO2/c19-17(20)13-7-5-12(6-8-13)11-18-16-9-14-3-1-2-4-15(14)10-16/h1-8,16,18H,9-11H2,(H,19,20). The first-order valence-electron chi connectivity index (χ1n) is 6.85. The zero-order valence-electron chi connectivity index (χ0n) is 11.2. The fraction of sp³-hybridized carbons (Fsp3) is 0.235. The number of aromatic carboxylic acids is 1. The highest BCUT2D eigenvalue weighted by Gasteiger charge is 2.19. The van der Waals surface area contributed by atoms with Crippen molar-refractivity contribution >= 4 is 5.97 Å². The molecule has 0 heterocycles. The largest absolute Gasteiger partial charge is 0.478 e. The first-order valence-corrected chi connectivity index (χ1v) is 6.85. The molecule has 102 valence electrons. The first kappa shape index (κ1) is 12.9. The molecule has 2 aromatic rings. The zero-order valence-corrected chi connectivity index (χ0v) is 11.2. The van der Waals surface area contributed by atoms with E-state index in [9.17, 15) is 4.79 Å². The van der Waals surface area contributed by atoms with Crippen LogP contribution in [0, 0.1) is 0 Å². The van der Waals surface area contributed by atoms with Crippen LogP contribution in [0.2, 0.25) is 0 Å². The Bertz CT molecular complexity index is 594. The Balaban J connectivity index is 1.57. The molecule has 0 atom stereocenters. The summed E-state index contributed by atoms with van der Waals surface area (Å²) in [5.41, 5.74) is 4.32. The highest BCUT2D eigenvalue weighted by Crippen LogP contribution is 2.21.